The molecule has 72 valence electrons. The number of rotatable bonds is 1. The molecule has 0 spiro atoms. The Kier molecular flexibility index (Phi) is 2.12. The first kappa shape index (κ1) is 9.00. The lowest BCUT2D eigenvalue weighted by atomic mass is 10.1. The zero-order valence-corrected chi connectivity index (χ0v) is 8.49. The maximum Gasteiger partial charge on any atom is 0.131 e. The van der Waals surface area contributed by atoms with Crippen LogP contribution in [0.25, 0.3) is 10.8 Å². The summed E-state index contributed by atoms with van der Waals surface area (Å²) in [6, 6.07) is 10.2. The molecular weight excluding hydrogens is 172 g/mol. The van der Waals surface area contributed by atoms with Crippen LogP contribution in [0, 0.1) is 0 Å². The van der Waals surface area contributed by atoms with Crippen molar-refractivity contribution in [1.29, 1.82) is 0 Å². The van der Waals surface area contributed by atoms with E-state index >= 15 is 0 Å². The topological polar surface area (TPSA) is 38.9 Å². The van der Waals surface area contributed by atoms with Crippen molar-refractivity contribution in [3.63, 3.8) is 0 Å². The van der Waals surface area contributed by atoms with Crippen molar-refractivity contribution in [1.82, 2.24) is 4.98 Å². The highest BCUT2D eigenvalue weighted by Gasteiger charge is 2.05. The molecule has 0 aliphatic rings. The van der Waals surface area contributed by atoms with Crippen LogP contribution in [0.4, 0.5) is 5.82 Å². The number of hydrogen-bond acceptors (Lipinski definition) is 2. The maximum absolute atomic E-state index is 5.88. The van der Waals surface area contributed by atoms with Gasteiger partial charge in [-0.25, -0.2) is 4.98 Å². The van der Waals surface area contributed by atoms with Gasteiger partial charge in [0.25, 0.3) is 0 Å². The minimum Gasteiger partial charge on any atom is -0.383 e. The number of fused-ring (bicyclic) bond motifs is 1. The van der Waals surface area contributed by atoms with Gasteiger partial charge in [0.05, 0.1) is 0 Å². The number of nitrogen functional groups attached to an aromatic ring is 1. The summed E-state index contributed by atoms with van der Waals surface area (Å²) in [5.41, 5.74) is 6.94. The van der Waals surface area contributed by atoms with Crippen molar-refractivity contribution in [3.05, 3.63) is 36.0 Å². The normalized spacial score (nSPS) is 11.1. The van der Waals surface area contributed by atoms with Crippen LogP contribution in [0.1, 0.15) is 25.5 Å². The largest absolute Gasteiger partial charge is 0.383 e. The van der Waals surface area contributed by atoms with Crippen molar-refractivity contribution in [2.75, 3.05) is 5.73 Å². The van der Waals surface area contributed by atoms with Crippen LogP contribution in [-0.4, -0.2) is 4.98 Å². The van der Waals surface area contributed by atoms with Crippen molar-refractivity contribution in [2.24, 2.45) is 0 Å². The van der Waals surface area contributed by atoms with Gasteiger partial charge < -0.3 is 5.73 Å². The van der Waals surface area contributed by atoms with E-state index < -0.39 is 0 Å². The minimum atomic E-state index is 0.418. The zero-order chi connectivity index (χ0) is 10.1. The number of hydrogen-bond donors (Lipinski definition) is 1. The molecule has 2 N–H and O–H groups in total. The third-order valence-electron chi connectivity index (χ3n) is 2.38. The Morgan fingerprint density at radius 3 is 2.64 bits per heavy atom. The van der Waals surface area contributed by atoms with Crippen molar-refractivity contribution >= 4 is 16.6 Å². The number of anilines is 1. The fourth-order valence-electron chi connectivity index (χ4n) is 1.54. The van der Waals surface area contributed by atoms with Gasteiger partial charge in [-0.3, -0.25) is 0 Å². The number of nitrogens with zero attached hydrogens (tertiary/aromatic N) is 1. The number of aromatic nitrogens is 1. The van der Waals surface area contributed by atoms with E-state index in [4.69, 9.17) is 5.73 Å². The molecule has 0 unspecified atom stereocenters. The van der Waals surface area contributed by atoms with E-state index in [2.05, 4.69) is 31.0 Å². The second kappa shape index (κ2) is 3.29. The number of benzene rings is 1. The summed E-state index contributed by atoms with van der Waals surface area (Å²) in [6.07, 6.45) is 0. The molecule has 0 fully saturated rings. The smallest absolute Gasteiger partial charge is 0.131 e. The minimum absolute atomic E-state index is 0.418. The van der Waals surface area contributed by atoms with Gasteiger partial charge in [-0.1, -0.05) is 38.1 Å². The molecule has 0 saturated carbocycles. The van der Waals surface area contributed by atoms with E-state index in [0.29, 0.717) is 11.7 Å². The average Bonchev–Trinajstić information content (AvgIpc) is 2.17. The molecule has 0 radical (unpaired) electrons. The lowest BCUT2D eigenvalue weighted by Crippen LogP contribution is -1.98. The molecule has 14 heavy (non-hydrogen) atoms. The Morgan fingerprint density at radius 2 is 1.93 bits per heavy atom. The van der Waals surface area contributed by atoms with E-state index in [1.54, 1.807) is 0 Å². The Hall–Kier alpha value is -1.57. The fourth-order valence-corrected chi connectivity index (χ4v) is 1.54. The van der Waals surface area contributed by atoms with Gasteiger partial charge in [-0.05, 0) is 17.4 Å². The summed E-state index contributed by atoms with van der Waals surface area (Å²) >= 11 is 0. The molecule has 0 atom stereocenters. The van der Waals surface area contributed by atoms with Crippen LogP contribution in [0.2, 0.25) is 0 Å². The first-order valence-electron chi connectivity index (χ1n) is 4.83. The van der Waals surface area contributed by atoms with Gasteiger partial charge in [0.1, 0.15) is 5.82 Å². The van der Waals surface area contributed by atoms with E-state index in [1.165, 1.54) is 5.39 Å². The molecule has 0 bridgehead atoms. The first-order chi connectivity index (χ1) is 6.68. The monoisotopic (exact) mass is 186 g/mol. The molecule has 2 nitrogen and oxygen atoms in total. The third-order valence-corrected chi connectivity index (χ3v) is 2.38. The lowest BCUT2D eigenvalue weighted by Gasteiger charge is -2.08. The Bertz CT molecular complexity index is 461. The Labute approximate surface area is 83.8 Å². The standard InChI is InChI=1S/C12H14N2/c1-8(2)11-7-9-5-3-4-6-10(9)12(13)14-11/h3-8H,1-2H3,(H2,13,14). The zero-order valence-electron chi connectivity index (χ0n) is 8.49. The second-order valence-corrected chi connectivity index (χ2v) is 3.81. The molecule has 2 heteroatoms. The first-order valence-corrected chi connectivity index (χ1v) is 4.83. The van der Waals surface area contributed by atoms with E-state index in [-0.39, 0.29) is 0 Å². The molecule has 2 aromatic rings. The highest BCUT2D eigenvalue weighted by Crippen LogP contribution is 2.23. The van der Waals surface area contributed by atoms with Gasteiger partial charge in [-0.2, -0.15) is 0 Å². The molecule has 0 aliphatic heterocycles. The van der Waals surface area contributed by atoms with Crippen LogP contribution in [0.15, 0.2) is 30.3 Å². The van der Waals surface area contributed by atoms with Gasteiger partial charge in [0.15, 0.2) is 0 Å². The molecule has 2 rings (SSSR count). The van der Waals surface area contributed by atoms with Crippen molar-refractivity contribution in [2.45, 2.75) is 19.8 Å². The SMILES string of the molecule is CC(C)c1cc2ccccc2c(N)n1. The third kappa shape index (κ3) is 1.43. The quantitative estimate of drug-likeness (QED) is 0.743. The molecule has 0 saturated heterocycles. The van der Waals surface area contributed by atoms with E-state index in [9.17, 15) is 0 Å². The summed E-state index contributed by atoms with van der Waals surface area (Å²) in [6.45, 7) is 4.24. The van der Waals surface area contributed by atoms with Crippen molar-refractivity contribution in [3.8, 4) is 0 Å². The molecule has 0 amide bonds. The van der Waals surface area contributed by atoms with Crippen LogP contribution in [0.3, 0.4) is 0 Å². The fraction of sp³-hybridized carbons (Fsp3) is 0.250. The van der Waals surface area contributed by atoms with E-state index in [0.717, 1.165) is 11.1 Å². The molecule has 1 aromatic heterocycles. The van der Waals surface area contributed by atoms with Crippen LogP contribution in [0.5, 0.6) is 0 Å². The van der Waals surface area contributed by atoms with Gasteiger partial charge in [-0.15, -0.1) is 0 Å². The molecule has 1 heterocycles. The molecule has 1 aromatic carbocycles. The Morgan fingerprint density at radius 1 is 1.21 bits per heavy atom. The van der Waals surface area contributed by atoms with Crippen LogP contribution in [-0.2, 0) is 0 Å². The summed E-state index contributed by atoms with van der Waals surface area (Å²) in [5, 5.41) is 2.21. The van der Waals surface area contributed by atoms with Gasteiger partial charge in [0.2, 0.25) is 0 Å². The van der Waals surface area contributed by atoms with Gasteiger partial charge >= 0.3 is 0 Å². The molecule has 0 aliphatic carbocycles. The highest BCUT2D eigenvalue weighted by molar-refractivity contribution is 5.91. The Balaban J connectivity index is 2.72. The maximum atomic E-state index is 5.88. The summed E-state index contributed by atoms with van der Waals surface area (Å²) in [7, 11) is 0. The number of pyridine rings is 1. The molecular formula is C12H14N2. The predicted octanol–water partition coefficient (Wildman–Crippen LogP) is 2.94. The predicted molar refractivity (Wildman–Crippen MR) is 60.2 cm³/mol. The number of nitrogens with two attached hydrogens (primary N) is 1. The highest BCUT2D eigenvalue weighted by atomic mass is 14.8. The van der Waals surface area contributed by atoms with Gasteiger partial charge in [0, 0.05) is 11.1 Å². The van der Waals surface area contributed by atoms with Crippen LogP contribution >= 0.6 is 0 Å². The van der Waals surface area contributed by atoms with Crippen LogP contribution < -0.4 is 5.73 Å². The summed E-state index contributed by atoms with van der Waals surface area (Å²) in [4.78, 5) is 4.38. The summed E-state index contributed by atoms with van der Waals surface area (Å²) in [5.74, 6) is 1.05. The van der Waals surface area contributed by atoms with E-state index in [1.807, 2.05) is 18.2 Å². The van der Waals surface area contributed by atoms with Crippen molar-refractivity contribution < 1.29 is 0 Å². The lowest BCUT2D eigenvalue weighted by molar-refractivity contribution is 0.828. The second-order valence-electron chi connectivity index (χ2n) is 3.81. The summed E-state index contributed by atoms with van der Waals surface area (Å²) < 4.78 is 0. The average molecular weight is 186 g/mol.